The SMILES string of the molecule is COC(=O)C(NC(=O)c1csc(-c2ccc(C(C)C)cc2)n1)c1cncn1C. The van der Waals surface area contributed by atoms with E-state index in [2.05, 4.69) is 41.3 Å². The molecule has 0 fully saturated rings. The summed E-state index contributed by atoms with van der Waals surface area (Å²) in [6.45, 7) is 4.28. The maximum absolute atomic E-state index is 12.7. The van der Waals surface area contributed by atoms with Crippen LogP contribution in [0.25, 0.3) is 10.6 Å². The van der Waals surface area contributed by atoms with Crippen LogP contribution in [0.4, 0.5) is 0 Å². The van der Waals surface area contributed by atoms with Gasteiger partial charge >= 0.3 is 5.97 Å². The van der Waals surface area contributed by atoms with Gasteiger partial charge in [0.05, 0.1) is 25.3 Å². The lowest BCUT2D eigenvalue weighted by Gasteiger charge is -2.16. The lowest BCUT2D eigenvalue weighted by atomic mass is 10.0. The fourth-order valence-electron chi connectivity index (χ4n) is 2.74. The Morgan fingerprint density at radius 2 is 1.93 bits per heavy atom. The van der Waals surface area contributed by atoms with Gasteiger partial charge in [-0.2, -0.15) is 0 Å². The highest BCUT2D eigenvalue weighted by atomic mass is 32.1. The molecule has 2 heterocycles. The Labute approximate surface area is 167 Å². The molecule has 146 valence electrons. The number of nitrogens with zero attached hydrogens (tertiary/aromatic N) is 3. The second kappa shape index (κ2) is 8.35. The Morgan fingerprint density at radius 3 is 2.50 bits per heavy atom. The van der Waals surface area contributed by atoms with Crippen LogP contribution in [0.5, 0.6) is 0 Å². The smallest absolute Gasteiger partial charge is 0.334 e. The number of nitrogens with one attached hydrogen (secondary N) is 1. The van der Waals surface area contributed by atoms with Gasteiger partial charge in [0.2, 0.25) is 0 Å². The van der Waals surface area contributed by atoms with Gasteiger partial charge < -0.3 is 14.6 Å². The van der Waals surface area contributed by atoms with Gasteiger partial charge in [0.1, 0.15) is 10.7 Å². The van der Waals surface area contributed by atoms with Crippen molar-refractivity contribution in [3.05, 3.63) is 59.1 Å². The standard InChI is InChI=1S/C20H22N4O3S/c1-12(2)13-5-7-14(8-6-13)19-22-15(10-28-19)18(25)23-17(20(26)27-4)16-9-21-11-24(16)3/h5-12,17H,1-4H3,(H,23,25). The molecule has 28 heavy (non-hydrogen) atoms. The van der Waals surface area contributed by atoms with E-state index in [1.165, 1.54) is 30.2 Å². The van der Waals surface area contributed by atoms with E-state index in [0.29, 0.717) is 11.6 Å². The highest BCUT2D eigenvalue weighted by Crippen LogP contribution is 2.26. The van der Waals surface area contributed by atoms with E-state index in [1.807, 2.05) is 12.1 Å². The molecular formula is C20H22N4O3S. The highest BCUT2D eigenvalue weighted by Gasteiger charge is 2.27. The van der Waals surface area contributed by atoms with Crippen LogP contribution >= 0.6 is 11.3 Å². The van der Waals surface area contributed by atoms with Crippen LogP contribution in [-0.2, 0) is 16.6 Å². The molecule has 1 N–H and O–H groups in total. The van der Waals surface area contributed by atoms with Gasteiger partial charge in [-0.15, -0.1) is 11.3 Å². The van der Waals surface area contributed by atoms with Crippen molar-refractivity contribution >= 4 is 23.2 Å². The molecule has 1 amide bonds. The molecule has 0 saturated carbocycles. The van der Waals surface area contributed by atoms with Gasteiger partial charge in [-0.1, -0.05) is 38.1 Å². The molecule has 1 unspecified atom stereocenters. The van der Waals surface area contributed by atoms with Crippen molar-refractivity contribution in [3.8, 4) is 10.6 Å². The molecule has 3 aromatic rings. The van der Waals surface area contributed by atoms with Gasteiger partial charge in [0.25, 0.3) is 5.91 Å². The van der Waals surface area contributed by atoms with Gasteiger partial charge in [-0.25, -0.2) is 14.8 Å². The number of benzene rings is 1. The number of ether oxygens (including phenoxy) is 1. The summed E-state index contributed by atoms with van der Waals surface area (Å²) in [6.07, 6.45) is 3.07. The predicted octanol–water partition coefficient (Wildman–Crippen LogP) is 3.31. The van der Waals surface area contributed by atoms with Crippen LogP contribution in [-0.4, -0.2) is 33.5 Å². The third-order valence-electron chi connectivity index (χ3n) is 4.42. The zero-order valence-electron chi connectivity index (χ0n) is 16.2. The number of carbonyl (C=O) groups excluding carboxylic acids is 2. The van der Waals surface area contributed by atoms with E-state index in [-0.39, 0.29) is 5.69 Å². The van der Waals surface area contributed by atoms with E-state index in [9.17, 15) is 9.59 Å². The number of esters is 1. The van der Waals surface area contributed by atoms with Crippen LogP contribution in [0, 0.1) is 0 Å². The van der Waals surface area contributed by atoms with Crippen LogP contribution in [0.15, 0.2) is 42.2 Å². The zero-order valence-corrected chi connectivity index (χ0v) is 17.0. The molecule has 0 spiro atoms. The van der Waals surface area contributed by atoms with Crippen molar-refractivity contribution in [2.24, 2.45) is 7.05 Å². The van der Waals surface area contributed by atoms with Crippen LogP contribution in [0.2, 0.25) is 0 Å². The summed E-state index contributed by atoms with van der Waals surface area (Å²) >= 11 is 1.38. The Morgan fingerprint density at radius 1 is 1.21 bits per heavy atom. The predicted molar refractivity (Wildman–Crippen MR) is 107 cm³/mol. The molecule has 0 saturated heterocycles. The lowest BCUT2D eigenvalue weighted by Crippen LogP contribution is -2.35. The summed E-state index contributed by atoms with van der Waals surface area (Å²) in [5.74, 6) is -0.566. The summed E-state index contributed by atoms with van der Waals surface area (Å²) in [5.41, 5.74) is 2.98. The van der Waals surface area contributed by atoms with Crippen LogP contribution in [0.3, 0.4) is 0 Å². The van der Waals surface area contributed by atoms with E-state index in [4.69, 9.17) is 4.74 Å². The Kier molecular flexibility index (Phi) is 5.89. The van der Waals surface area contributed by atoms with Crippen LogP contribution < -0.4 is 5.32 Å². The van der Waals surface area contributed by atoms with Gasteiger partial charge in [-0.3, -0.25) is 4.79 Å². The molecular weight excluding hydrogens is 376 g/mol. The number of aromatic nitrogens is 3. The first-order valence-corrected chi connectivity index (χ1v) is 9.69. The van der Waals surface area contributed by atoms with Crippen LogP contribution in [0.1, 0.15) is 47.6 Å². The van der Waals surface area contributed by atoms with Gasteiger partial charge in [0.15, 0.2) is 6.04 Å². The summed E-state index contributed by atoms with van der Waals surface area (Å²) in [5, 5.41) is 5.11. The minimum atomic E-state index is -0.958. The number of hydrogen-bond donors (Lipinski definition) is 1. The fraction of sp³-hybridized carbons (Fsp3) is 0.300. The average molecular weight is 398 g/mol. The molecule has 7 nitrogen and oxygen atoms in total. The first-order valence-electron chi connectivity index (χ1n) is 8.81. The first-order chi connectivity index (χ1) is 13.4. The number of imidazole rings is 1. The molecule has 1 atom stereocenters. The average Bonchev–Trinajstić information content (AvgIpc) is 3.35. The lowest BCUT2D eigenvalue weighted by molar-refractivity contribution is -0.143. The van der Waals surface area contributed by atoms with Crippen molar-refractivity contribution < 1.29 is 14.3 Å². The molecule has 0 aliphatic heterocycles. The van der Waals surface area contributed by atoms with Crippen molar-refractivity contribution in [2.45, 2.75) is 25.8 Å². The molecule has 1 aromatic carbocycles. The quantitative estimate of drug-likeness (QED) is 0.644. The third kappa shape index (κ3) is 4.12. The largest absolute Gasteiger partial charge is 0.467 e. The van der Waals surface area contributed by atoms with Gasteiger partial charge in [0, 0.05) is 18.0 Å². The molecule has 2 aromatic heterocycles. The third-order valence-corrected chi connectivity index (χ3v) is 5.31. The van der Waals surface area contributed by atoms with E-state index in [0.717, 1.165) is 10.6 Å². The van der Waals surface area contributed by atoms with E-state index in [1.54, 1.807) is 23.3 Å². The maximum Gasteiger partial charge on any atom is 0.334 e. The number of carbonyl (C=O) groups is 2. The number of hydrogen-bond acceptors (Lipinski definition) is 6. The second-order valence-corrected chi connectivity index (χ2v) is 7.53. The fourth-order valence-corrected chi connectivity index (χ4v) is 3.55. The number of rotatable bonds is 6. The maximum atomic E-state index is 12.7. The molecule has 8 heteroatoms. The van der Waals surface area contributed by atoms with E-state index >= 15 is 0 Å². The van der Waals surface area contributed by atoms with E-state index < -0.39 is 17.9 Å². The Balaban J connectivity index is 1.79. The molecule has 0 radical (unpaired) electrons. The number of methoxy groups -OCH3 is 1. The zero-order chi connectivity index (χ0) is 20.3. The second-order valence-electron chi connectivity index (χ2n) is 6.67. The summed E-state index contributed by atoms with van der Waals surface area (Å²) in [7, 11) is 3.02. The topological polar surface area (TPSA) is 86.1 Å². The molecule has 3 rings (SSSR count). The highest BCUT2D eigenvalue weighted by molar-refractivity contribution is 7.13. The number of aryl methyl sites for hydroxylation is 1. The van der Waals surface area contributed by atoms with Crippen molar-refractivity contribution in [1.29, 1.82) is 0 Å². The first kappa shape index (κ1) is 19.8. The Hall–Kier alpha value is -3.00. The Bertz CT molecular complexity index is 976. The van der Waals surface area contributed by atoms with Crippen molar-refractivity contribution in [3.63, 3.8) is 0 Å². The van der Waals surface area contributed by atoms with Crippen molar-refractivity contribution in [2.75, 3.05) is 7.11 Å². The van der Waals surface area contributed by atoms with Gasteiger partial charge in [-0.05, 0) is 11.5 Å². The minimum absolute atomic E-state index is 0.254. The summed E-state index contributed by atoms with van der Waals surface area (Å²) in [4.78, 5) is 33.2. The number of amides is 1. The van der Waals surface area contributed by atoms with Crippen molar-refractivity contribution in [1.82, 2.24) is 19.9 Å². The minimum Gasteiger partial charge on any atom is -0.467 e. The normalized spacial score (nSPS) is 12.0. The monoisotopic (exact) mass is 398 g/mol. The summed E-state index contributed by atoms with van der Waals surface area (Å²) in [6, 6.07) is 7.18. The molecule has 0 aliphatic carbocycles. The molecule has 0 bridgehead atoms. The number of thiazole rings is 1. The molecule has 0 aliphatic rings. The summed E-state index contributed by atoms with van der Waals surface area (Å²) < 4.78 is 6.48.